The average Bonchev–Trinajstić information content (AvgIpc) is 2.87. The van der Waals surface area contributed by atoms with Gasteiger partial charge in [-0.3, -0.25) is 4.55 Å². The van der Waals surface area contributed by atoms with Crippen LogP contribution in [0.25, 0.3) is 0 Å². The summed E-state index contributed by atoms with van der Waals surface area (Å²) in [5.41, 5.74) is 0. The van der Waals surface area contributed by atoms with Gasteiger partial charge in [-0.25, -0.2) is 0 Å². The second-order valence-electron chi connectivity index (χ2n) is 8.65. The van der Waals surface area contributed by atoms with E-state index in [2.05, 4.69) is 11.8 Å². The van der Waals surface area contributed by atoms with Gasteiger partial charge in [-0.05, 0) is 38.3 Å². The Balaban J connectivity index is 2.14. The Bertz CT molecular complexity index is 431. The molecule has 0 radical (unpaired) electrons. The second-order valence-corrected chi connectivity index (χ2v) is 10.2. The third kappa shape index (κ3) is 15.5. The van der Waals surface area contributed by atoms with Crippen molar-refractivity contribution < 1.29 is 13.0 Å². The lowest BCUT2D eigenvalue weighted by atomic mass is 10.0. The molecule has 0 amide bonds. The van der Waals surface area contributed by atoms with Gasteiger partial charge in [-0.2, -0.15) is 8.42 Å². The summed E-state index contributed by atoms with van der Waals surface area (Å²) in [6.07, 6.45) is 20.4. The molecule has 1 rings (SSSR count). The van der Waals surface area contributed by atoms with Crippen molar-refractivity contribution in [2.75, 3.05) is 25.4 Å². The summed E-state index contributed by atoms with van der Waals surface area (Å²) >= 11 is 0. The topological polar surface area (TPSA) is 57.6 Å². The maximum absolute atomic E-state index is 11.4. The van der Waals surface area contributed by atoms with Crippen molar-refractivity contribution in [2.24, 2.45) is 5.92 Å². The number of nitrogens with zero attached hydrogens (tertiary/aromatic N) is 1. The van der Waals surface area contributed by atoms with Gasteiger partial charge >= 0.3 is 0 Å². The van der Waals surface area contributed by atoms with E-state index in [9.17, 15) is 13.0 Å². The molecule has 0 bridgehead atoms. The lowest BCUT2D eigenvalue weighted by Gasteiger charge is -2.25. The fourth-order valence-electron chi connectivity index (χ4n) is 4.31. The van der Waals surface area contributed by atoms with Crippen molar-refractivity contribution in [3.63, 3.8) is 0 Å². The summed E-state index contributed by atoms with van der Waals surface area (Å²) in [5, 5.41) is 0. The molecule has 162 valence electrons. The molecular formula is C22H45NO3S. The Labute approximate surface area is 169 Å². The highest BCUT2D eigenvalue weighted by atomic mass is 32.2. The molecular weight excluding hydrogens is 358 g/mol. The lowest BCUT2D eigenvalue weighted by molar-refractivity contribution is 0.237. The van der Waals surface area contributed by atoms with Gasteiger partial charge in [0.1, 0.15) is 0 Å². The smallest absolute Gasteiger partial charge is 0.265 e. The second kappa shape index (κ2) is 15.8. The number of hydrogen-bond donors (Lipinski definition) is 1. The molecule has 5 heteroatoms. The Hall–Kier alpha value is -0.130. The van der Waals surface area contributed by atoms with Gasteiger partial charge in [0.2, 0.25) is 0 Å². The van der Waals surface area contributed by atoms with Gasteiger partial charge in [0.25, 0.3) is 10.1 Å². The van der Waals surface area contributed by atoms with Crippen LogP contribution in [0.3, 0.4) is 0 Å². The number of unbranched alkanes of at least 4 members (excludes halogenated alkanes) is 10. The summed E-state index contributed by atoms with van der Waals surface area (Å²) in [4.78, 5) is 2.42. The molecule has 1 N–H and O–H groups in total. The molecule has 4 nitrogen and oxygen atoms in total. The Morgan fingerprint density at radius 2 is 1.26 bits per heavy atom. The van der Waals surface area contributed by atoms with Crippen LogP contribution in [0.4, 0.5) is 0 Å². The monoisotopic (exact) mass is 403 g/mol. The molecule has 0 unspecified atom stereocenters. The zero-order chi connectivity index (χ0) is 19.8. The van der Waals surface area contributed by atoms with Gasteiger partial charge in [-0.15, -0.1) is 0 Å². The molecule has 1 aliphatic heterocycles. The summed E-state index contributed by atoms with van der Waals surface area (Å²) in [6, 6.07) is 0. The van der Waals surface area contributed by atoms with Crippen molar-refractivity contribution in [2.45, 2.75) is 110 Å². The standard InChI is InChI=1S/C22H45NO3S/c1-2-3-4-5-6-7-8-9-10-11-14-17-22(21-27(24,25)26)20-23-18-15-12-13-16-19-23/h22H,2-21H2,1H3,(H,24,25,26)/t22-/m1/s1. The maximum atomic E-state index is 11.4. The average molecular weight is 404 g/mol. The first-order valence-corrected chi connectivity index (χ1v) is 13.3. The van der Waals surface area contributed by atoms with E-state index in [1.54, 1.807) is 0 Å². The van der Waals surface area contributed by atoms with Crippen LogP contribution in [-0.4, -0.2) is 43.3 Å². The van der Waals surface area contributed by atoms with Crippen molar-refractivity contribution in [3.8, 4) is 0 Å². The van der Waals surface area contributed by atoms with Gasteiger partial charge < -0.3 is 4.90 Å². The van der Waals surface area contributed by atoms with Crippen LogP contribution in [0.5, 0.6) is 0 Å². The van der Waals surface area contributed by atoms with Crippen LogP contribution in [0.2, 0.25) is 0 Å². The first-order chi connectivity index (χ1) is 13.0. The molecule has 0 saturated carbocycles. The van der Waals surface area contributed by atoms with Crippen LogP contribution in [-0.2, 0) is 10.1 Å². The molecule has 0 aromatic carbocycles. The Morgan fingerprint density at radius 3 is 1.74 bits per heavy atom. The quantitative estimate of drug-likeness (QED) is 0.251. The summed E-state index contributed by atoms with van der Waals surface area (Å²) in [6.45, 7) is 5.26. The number of rotatable bonds is 16. The van der Waals surface area contributed by atoms with E-state index in [4.69, 9.17) is 0 Å². The molecule has 0 spiro atoms. The zero-order valence-corrected chi connectivity index (χ0v) is 18.7. The minimum Gasteiger partial charge on any atom is -0.303 e. The fourth-order valence-corrected chi connectivity index (χ4v) is 5.17. The van der Waals surface area contributed by atoms with Crippen LogP contribution < -0.4 is 0 Å². The molecule has 1 aliphatic rings. The van der Waals surface area contributed by atoms with Crippen LogP contribution in [0.1, 0.15) is 110 Å². The molecule has 1 fully saturated rings. The van der Waals surface area contributed by atoms with E-state index in [0.717, 1.165) is 32.5 Å². The predicted octanol–water partition coefficient (Wildman–Crippen LogP) is 6.07. The van der Waals surface area contributed by atoms with E-state index in [-0.39, 0.29) is 11.7 Å². The van der Waals surface area contributed by atoms with Crippen molar-refractivity contribution in [1.82, 2.24) is 4.90 Å². The Morgan fingerprint density at radius 1 is 0.778 bits per heavy atom. The van der Waals surface area contributed by atoms with Crippen LogP contribution >= 0.6 is 0 Å². The van der Waals surface area contributed by atoms with Crippen LogP contribution in [0, 0.1) is 5.92 Å². The van der Waals surface area contributed by atoms with Crippen molar-refractivity contribution in [1.29, 1.82) is 0 Å². The molecule has 1 saturated heterocycles. The lowest BCUT2D eigenvalue weighted by Crippen LogP contribution is -2.33. The minimum absolute atomic E-state index is 0.0682. The van der Waals surface area contributed by atoms with Crippen molar-refractivity contribution in [3.05, 3.63) is 0 Å². The summed E-state index contributed by atoms with van der Waals surface area (Å²) in [5.74, 6) is 0.0121. The van der Waals surface area contributed by atoms with Gasteiger partial charge in [0, 0.05) is 6.54 Å². The molecule has 1 heterocycles. The number of likely N-dealkylation sites (tertiary alicyclic amines) is 1. The van der Waals surface area contributed by atoms with E-state index in [1.165, 1.54) is 89.9 Å². The van der Waals surface area contributed by atoms with Gasteiger partial charge in [0.15, 0.2) is 0 Å². The normalized spacial score (nSPS) is 17.7. The highest BCUT2D eigenvalue weighted by Crippen LogP contribution is 2.18. The summed E-state index contributed by atoms with van der Waals surface area (Å²) in [7, 11) is -3.87. The SMILES string of the molecule is CCCCCCCCCCCCC[C@H](CN1CCCCCC1)CS(=O)(=O)O. The van der Waals surface area contributed by atoms with E-state index in [1.807, 2.05) is 0 Å². The van der Waals surface area contributed by atoms with E-state index in [0.29, 0.717) is 0 Å². The third-order valence-corrected chi connectivity index (χ3v) is 6.77. The van der Waals surface area contributed by atoms with Crippen LogP contribution in [0.15, 0.2) is 0 Å². The van der Waals surface area contributed by atoms with Gasteiger partial charge in [-0.1, -0.05) is 90.4 Å². The first kappa shape index (κ1) is 24.9. The molecule has 0 aliphatic carbocycles. The molecule has 1 atom stereocenters. The van der Waals surface area contributed by atoms with Gasteiger partial charge in [0.05, 0.1) is 5.75 Å². The summed E-state index contributed by atoms with van der Waals surface area (Å²) < 4.78 is 32.1. The Kier molecular flexibility index (Phi) is 14.5. The predicted molar refractivity (Wildman–Crippen MR) is 116 cm³/mol. The molecule has 0 aromatic heterocycles. The molecule has 0 aromatic rings. The fraction of sp³-hybridized carbons (Fsp3) is 1.00. The third-order valence-electron chi connectivity index (χ3n) is 5.88. The largest absolute Gasteiger partial charge is 0.303 e. The minimum atomic E-state index is -3.87. The maximum Gasteiger partial charge on any atom is 0.265 e. The van der Waals surface area contributed by atoms with E-state index >= 15 is 0 Å². The van der Waals surface area contributed by atoms with E-state index < -0.39 is 10.1 Å². The molecule has 27 heavy (non-hydrogen) atoms. The highest BCUT2D eigenvalue weighted by molar-refractivity contribution is 7.85. The zero-order valence-electron chi connectivity index (χ0n) is 17.8. The highest BCUT2D eigenvalue weighted by Gasteiger charge is 2.20. The van der Waals surface area contributed by atoms with Crippen molar-refractivity contribution >= 4 is 10.1 Å². The first-order valence-electron chi connectivity index (χ1n) is 11.7. The number of hydrogen-bond acceptors (Lipinski definition) is 3.